The molecule has 0 amide bonds. The van der Waals surface area contributed by atoms with E-state index in [4.69, 9.17) is 5.11 Å². The topological polar surface area (TPSA) is 83.5 Å². The molecule has 0 saturated heterocycles. The quantitative estimate of drug-likeness (QED) is 0.775. The number of rotatable bonds is 5. The molecule has 1 atom stereocenters. The van der Waals surface area contributed by atoms with Crippen molar-refractivity contribution in [3.8, 4) is 0 Å². The Hall–Kier alpha value is -0.440. The average Bonchev–Trinajstić information content (AvgIpc) is 2.24. The second-order valence-corrected chi connectivity index (χ2v) is 7.71. The van der Waals surface area contributed by atoms with Crippen molar-refractivity contribution in [1.29, 1.82) is 0 Å². The number of carbonyl (C=O) groups is 1. The minimum Gasteiger partial charge on any atom is -0.480 e. The van der Waals surface area contributed by atoms with Gasteiger partial charge in [0.15, 0.2) is 0 Å². The highest BCUT2D eigenvalue weighted by Crippen LogP contribution is 2.26. The molecule has 1 aromatic carbocycles. The molecular formula is C11H13Br2NO4S. The number of nitrogens with one attached hydrogen (secondary N) is 1. The summed E-state index contributed by atoms with van der Waals surface area (Å²) >= 11 is 6.37. The van der Waals surface area contributed by atoms with Crippen LogP contribution in [0.1, 0.15) is 13.8 Å². The number of hydrogen-bond acceptors (Lipinski definition) is 3. The molecule has 0 radical (unpaired) electrons. The van der Waals surface area contributed by atoms with Crippen LogP contribution in [0.4, 0.5) is 0 Å². The van der Waals surface area contributed by atoms with E-state index < -0.39 is 22.0 Å². The van der Waals surface area contributed by atoms with E-state index in [1.54, 1.807) is 26.0 Å². The van der Waals surface area contributed by atoms with E-state index in [1.165, 1.54) is 6.07 Å². The van der Waals surface area contributed by atoms with Crippen molar-refractivity contribution in [2.24, 2.45) is 5.92 Å². The summed E-state index contributed by atoms with van der Waals surface area (Å²) in [5, 5.41) is 9.02. The number of carboxylic acid groups (broad SMARTS) is 1. The van der Waals surface area contributed by atoms with Crippen LogP contribution in [0.3, 0.4) is 0 Å². The lowest BCUT2D eigenvalue weighted by Crippen LogP contribution is -2.44. The molecule has 0 bridgehead atoms. The smallest absolute Gasteiger partial charge is 0.322 e. The first-order valence-electron chi connectivity index (χ1n) is 5.35. The first-order chi connectivity index (χ1) is 8.65. The van der Waals surface area contributed by atoms with Crippen molar-refractivity contribution >= 4 is 47.9 Å². The first-order valence-corrected chi connectivity index (χ1v) is 8.42. The predicted molar refractivity (Wildman–Crippen MR) is 78.4 cm³/mol. The maximum Gasteiger partial charge on any atom is 0.322 e. The zero-order valence-corrected chi connectivity index (χ0v) is 14.2. The highest BCUT2D eigenvalue weighted by atomic mass is 79.9. The molecule has 1 rings (SSSR count). The van der Waals surface area contributed by atoms with Crippen molar-refractivity contribution in [3.63, 3.8) is 0 Å². The fourth-order valence-corrected chi connectivity index (χ4v) is 4.48. The molecule has 2 N–H and O–H groups in total. The van der Waals surface area contributed by atoms with Gasteiger partial charge in [0.1, 0.15) is 6.04 Å². The van der Waals surface area contributed by atoms with Crippen molar-refractivity contribution in [3.05, 3.63) is 27.1 Å². The van der Waals surface area contributed by atoms with Crippen molar-refractivity contribution in [2.45, 2.75) is 24.8 Å². The predicted octanol–water partition coefficient (Wildman–Crippen LogP) is 2.60. The summed E-state index contributed by atoms with van der Waals surface area (Å²) in [7, 11) is -3.90. The minimum atomic E-state index is -3.90. The third kappa shape index (κ3) is 4.27. The van der Waals surface area contributed by atoms with Crippen LogP contribution in [-0.4, -0.2) is 25.5 Å². The van der Waals surface area contributed by atoms with Gasteiger partial charge in [-0.25, -0.2) is 8.42 Å². The van der Waals surface area contributed by atoms with Crippen molar-refractivity contribution in [1.82, 2.24) is 4.72 Å². The Morgan fingerprint density at radius 1 is 1.32 bits per heavy atom. The van der Waals surface area contributed by atoms with E-state index in [2.05, 4.69) is 36.6 Å². The number of halogens is 2. The molecule has 0 aromatic heterocycles. The summed E-state index contributed by atoms with van der Waals surface area (Å²) in [6, 6.07) is 3.39. The van der Waals surface area contributed by atoms with Crippen LogP contribution in [-0.2, 0) is 14.8 Å². The summed E-state index contributed by atoms with van der Waals surface area (Å²) in [5.74, 6) is -1.56. The summed E-state index contributed by atoms with van der Waals surface area (Å²) in [4.78, 5) is 11.0. The number of hydrogen-bond donors (Lipinski definition) is 2. The van der Waals surface area contributed by atoms with E-state index in [9.17, 15) is 13.2 Å². The Balaban J connectivity index is 3.14. The lowest BCUT2D eigenvalue weighted by Gasteiger charge is -2.18. The third-order valence-corrected chi connectivity index (χ3v) is 5.31. The second kappa shape index (κ2) is 6.34. The third-order valence-electron chi connectivity index (χ3n) is 2.40. The number of benzene rings is 1. The fourth-order valence-electron chi connectivity index (χ4n) is 1.40. The zero-order valence-electron chi connectivity index (χ0n) is 10.2. The number of sulfonamides is 1. The molecule has 8 heteroatoms. The second-order valence-electron chi connectivity index (χ2n) is 4.26. The largest absolute Gasteiger partial charge is 0.480 e. The molecule has 0 aliphatic rings. The van der Waals surface area contributed by atoms with Gasteiger partial charge < -0.3 is 5.11 Å². The van der Waals surface area contributed by atoms with Crippen LogP contribution in [0.25, 0.3) is 0 Å². The van der Waals surface area contributed by atoms with Crippen molar-refractivity contribution in [2.75, 3.05) is 0 Å². The Labute approximate surface area is 128 Å². The molecule has 0 spiro atoms. The number of aliphatic carboxylic acids is 1. The van der Waals surface area contributed by atoms with Crippen LogP contribution < -0.4 is 4.72 Å². The molecule has 5 nitrogen and oxygen atoms in total. The molecule has 1 unspecified atom stereocenters. The van der Waals surface area contributed by atoms with Gasteiger partial charge in [-0.15, -0.1) is 0 Å². The molecule has 0 saturated carbocycles. The van der Waals surface area contributed by atoms with Gasteiger partial charge in [0.25, 0.3) is 0 Å². The summed E-state index contributed by atoms with van der Waals surface area (Å²) < 4.78 is 27.6. The standard InChI is InChI=1S/C11H13Br2NO4S/c1-6(2)10(11(15)16)14-19(17,18)9-4-3-7(12)5-8(9)13/h3-6,10,14H,1-2H3,(H,15,16). The first kappa shape index (κ1) is 16.6. The summed E-state index contributed by atoms with van der Waals surface area (Å²) in [6.07, 6.45) is 0. The fraction of sp³-hybridized carbons (Fsp3) is 0.364. The molecule has 106 valence electrons. The lowest BCUT2D eigenvalue weighted by atomic mass is 10.1. The van der Waals surface area contributed by atoms with Gasteiger partial charge in [0.2, 0.25) is 10.0 Å². The Morgan fingerprint density at radius 2 is 1.89 bits per heavy atom. The SMILES string of the molecule is CC(C)C(NS(=O)(=O)c1ccc(Br)cc1Br)C(=O)O. The van der Waals surface area contributed by atoms with E-state index in [-0.39, 0.29) is 10.8 Å². The van der Waals surface area contributed by atoms with E-state index in [1.807, 2.05) is 0 Å². The van der Waals surface area contributed by atoms with Gasteiger partial charge in [-0.3, -0.25) is 4.79 Å². The van der Waals surface area contributed by atoms with Crippen LogP contribution in [0.2, 0.25) is 0 Å². The normalized spacial score (nSPS) is 13.5. The van der Waals surface area contributed by atoms with E-state index in [0.717, 1.165) is 4.47 Å². The van der Waals surface area contributed by atoms with Gasteiger partial charge in [0.05, 0.1) is 4.90 Å². The van der Waals surface area contributed by atoms with E-state index >= 15 is 0 Å². The van der Waals surface area contributed by atoms with Crippen LogP contribution in [0.5, 0.6) is 0 Å². The van der Waals surface area contributed by atoms with Gasteiger partial charge in [0, 0.05) is 8.95 Å². The average molecular weight is 415 g/mol. The Morgan fingerprint density at radius 3 is 2.32 bits per heavy atom. The van der Waals surface area contributed by atoms with Gasteiger partial charge in [-0.05, 0) is 40.0 Å². The monoisotopic (exact) mass is 413 g/mol. The Kier molecular flexibility index (Phi) is 5.54. The van der Waals surface area contributed by atoms with Gasteiger partial charge in [-0.1, -0.05) is 29.8 Å². The van der Waals surface area contributed by atoms with Crippen molar-refractivity contribution < 1.29 is 18.3 Å². The highest BCUT2D eigenvalue weighted by molar-refractivity contribution is 9.11. The minimum absolute atomic E-state index is 0.00241. The molecule has 1 aromatic rings. The maximum absolute atomic E-state index is 12.2. The molecule has 0 heterocycles. The highest BCUT2D eigenvalue weighted by Gasteiger charge is 2.29. The van der Waals surface area contributed by atoms with Gasteiger partial charge in [-0.2, -0.15) is 4.72 Å². The number of carboxylic acids is 1. The van der Waals surface area contributed by atoms with Crippen LogP contribution in [0, 0.1) is 5.92 Å². The molecular weight excluding hydrogens is 402 g/mol. The zero-order chi connectivity index (χ0) is 14.8. The van der Waals surface area contributed by atoms with Gasteiger partial charge >= 0.3 is 5.97 Å². The molecule has 0 fully saturated rings. The summed E-state index contributed by atoms with van der Waals surface area (Å²) in [5.41, 5.74) is 0. The molecule has 19 heavy (non-hydrogen) atoms. The van der Waals surface area contributed by atoms with Crippen LogP contribution in [0.15, 0.2) is 32.0 Å². The molecule has 0 aliphatic carbocycles. The maximum atomic E-state index is 12.2. The molecule has 0 aliphatic heterocycles. The lowest BCUT2D eigenvalue weighted by molar-refractivity contribution is -0.140. The van der Waals surface area contributed by atoms with Crippen LogP contribution >= 0.6 is 31.9 Å². The van der Waals surface area contributed by atoms with E-state index in [0.29, 0.717) is 4.47 Å². The summed E-state index contributed by atoms with van der Waals surface area (Å²) in [6.45, 7) is 3.27. The Bertz CT molecular complexity index is 586.